The van der Waals surface area contributed by atoms with Crippen LogP contribution in [0.4, 0.5) is 0 Å². The molecule has 172 valence electrons. The summed E-state index contributed by atoms with van der Waals surface area (Å²) in [6.07, 6.45) is 5.20. The first kappa shape index (κ1) is 21.7. The largest absolute Gasteiger partial charge is 0.292 e. The highest BCUT2D eigenvalue weighted by molar-refractivity contribution is 9.10. The van der Waals surface area contributed by atoms with E-state index in [4.69, 9.17) is 11.6 Å². The summed E-state index contributed by atoms with van der Waals surface area (Å²) < 4.78 is 0.814. The highest BCUT2D eigenvalue weighted by Crippen LogP contribution is 2.65. The fourth-order valence-corrected chi connectivity index (χ4v) is 6.41. The Labute approximate surface area is 209 Å². The Kier molecular flexibility index (Phi) is 5.04. The predicted octanol–water partition coefficient (Wildman–Crippen LogP) is 4.40. The van der Waals surface area contributed by atoms with Gasteiger partial charge in [-0.2, -0.15) is 5.01 Å². The SMILES string of the molecule is O=C(CN(C(=O)c1ccc(Cl)cc1)N1C(=O)[C@@H]2[C@H]3C=C[C@@H]([C@@H]4C[C@@H]34)[C@@H]2C1=O)c1ccc(Br)cc1. The van der Waals surface area contributed by atoms with E-state index in [9.17, 15) is 19.2 Å². The number of allylic oxidation sites excluding steroid dienone is 2. The van der Waals surface area contributed by atoms with Gasteiger partial charge in [-0.1, -0.05) is 51.8 Å². The molecule has 1 heterocycles. The van der Waals surface area contributed by atoms with Crippen LogP contribution in [0.2, 0.25) is 5.02 Å². The summed E-state index contributed by atoms with van der Waals surface area (Å²) in [6.45, 7) is -0.421. The molecular weight excluding hydrogens is 520 g/mol. The molecule has 0 radical (unpaired) electrons. The number of hydrogen-bond donors (Lipinski definition) is 0. The maximum atomic E-state index is 13.6. The fraction of sp³-hybridized carbons (Fsp3) is 0.308. The summed E-state index contributed by atoms with van der Waals surface area (Å²) >= 11 is 9.32. The Bertz CT molecular complexity index is 1220. The van der Waals surface area contributed by atoms with Gasteiger partial charge in [0.1, 0.15) is 6.54 Å². The second-order valence-electron chi connectivity index (χ2n) is 9.44. The van der Waals surface area contributed by atoms with Gasteiger partial charge >= 0.3 is 0 Å². The molecule has 0 N–H and O–H groups in total. The lowest BCUT2D eigenvalue weighted by Gasteiger charge is -2.37. The third kappa shape index (κ3) is 3.28. The van der Waals surface area contributed by atoms with E-state index in [0.717, 1.165) is 20.9 Å². The number of imide groups is 1. The number of hydrogen-bond acceptors (Lipinski definition) is 4. The Hall–Kier alpha value is -2.77. The number of benzene rings is 2. The van der Waals surface area contributed by atoms with Gasteiger partial charge in [0.05, 0.1) is 11.8 Å². The molecule has 6 atom stereocenters. The second kappa shape index (κ2) is 7.89. The molecule has 2 saturated carbocycles. The minimum absolute atomic E-state index is 0.0242. The smallest absolute Gasteiger partial charge is 0.273 e. The Morgan fingerprint density at radius 2 is 1.41 bits per heavy atom. The number of amides is 3. The summed E-state index contributed by atoms with van der Waals surface area (Å²) in [4.78, 5) is 54.0. The molecule has 6 nitrogen and oxygen atoms in total. The Morgan fingerprint density at radius 1 is 0.882 bits per heavy atom. The second-order valence-corrected chi connectivity index (χ2v) is 10.8. The van der Waals surface area contributed by atoms with E-state index in [0.29, 0.717) is 22.4 Å². The van der Waals surface area contributed by atoms with Crippen LogP contribution in [0.15, 0.2) is 65.2 Å². The van der Waals surface area contributed by atoms with Crippen molar-refractivity contribution in [3.05, 3.63) is 81.3 Å². The van der Waals surface area contributed by atoms with Crippen molar-refractivity contribution in [3.8, 4) is 0 Å². The fourth-order valence-electron chi connectivity index (χ4n) is 6.02. The van der Waals surface area contributed by atoms with Gasteiger partial charge in [0.2, 0.25) is 0 Å². The van der Waals surface area contributed by atoms with Crippen LogP contribution in [0.3, 0.4) is 0 Å². The van der Waals surface area contributed by atoms with Crippen LogP contribution in [-0.4, -0.2) is 40.1 Å². The first-order valence-corrected chi connectivity index (χ1v) is 12.4. The normalized spacial score (nSPS) is 30.2. The zero-order valence-corrected chi connectivity index (χ0v) is 20.3. The molecule has 34 heavy (non-hydrogen) atoms. The van der Waals surface area contributed by atoms with Crippen molar-refractivity contribution in [1.29, 1.82) is 0 Å². The van der Waals surface area contributed by atoms with Gasteiger partial charge in [-0.05, 0) is 66.5 Å². The first-order valence-electron chi connectivity index (χ1n) is 11.3. The van der Waals surface area contributed by atoms with E-state index in [1.807, 2.05) is 0 Å². The standard InChI is InChI=1S/C26H20BrClN2O4/c27-15-5-1-13(2-6-15)21(31)12-29(24(32)14-3-7-16(28)8-4-14)30-25(33)22-17-9-10-18(20-11-19(17)20)23(22)26(30)34/h1-10,17-20,22-23H,11-12H2/t17-,18-,19-,20-,22-,23+/m0/s1. The van der Waals surface area contributed by atoms with Crippen LogP contribution in [0, 0.1) is 35.5 Å². The van der Waals surface area contributed by atoms with Gasteiger partial charge in [-0.3, -0.25) is 19.2 Å². The number of carbonyl (C=O) groups is 4. The average molecular weight is 540 g/mol. The van der Waals surface area contributed by atoms with Crippen molar-refractivity contribution in [2.75, 3.05) is 6.54 Å². The molecule has 3 amide bonds. The molecule has 2 aromatic carbocycles. The monoisotopic (exact) mass is 538 g/mol. The molecule has 5 aliphatic rings. The van der Waals surface area contributed by atoms with Crippen molar-refractivity contribution in [2.45, 2.75) is 6.42 Å². The molecule has 2 bridgehead atoms. The van der Waals surface area contributed by atoms with Crippen LogP contribution in [0.1, 0.15) is 27.1 Å². The van der Waals surface area contributed by atoms with E-state index in [1.54, 1.807) is 36.4 Å². The molecular formula is C26H20BrClN2O4. The van der Waals surface area contributed by atoms with E-state index in [1.165, 1.54) is 12.1 Å². The maximum absolute atomic E-state index is 13.6. The third-order valence-electron chi connectivity index (χ3n) is 7.67. The topological polar surface area (TPSA) is 74.8 Å². The molecule has 3 fully saturated rings. The Balaban J connectivity index is 1.36. The zero-order chi connectivity index (χ0) is 23.7. The van der Waals surface area contributed by atoms with Crippen molar-refractivity contribution in [3.63, 3.8) is 0 Å². The molecule has 1 aliphatic heterocycles. The number of carbonyl (C=O) groups excluding carboxylic acids is 4. The van der Waals surface area contributed by atoms with Crippen molar-refractivity contribution in [2.24, 2.45) is 35.5 Å². The molecule has 7 rings (SSSR count). The van der Waals surface area contributed by atoms with E-state index in [2.05, 4.69) is 28.1 Å². The third-order valence-corrected chi connectivity index (χ3v) is 8.45. The van der Waals surface area contributed by atoms with Crippen molar-refractivity contribution in [1.82, 2.24) is 10.0 Å². The quantitative estimate of drug-likeness (QED) is 0.321. The molecule has 0 aromatic heterocycles. The van der Waals surface area contributed by atoms with Gasteiger partial charge in [-0.25, -0.2) is 5.01 Å². The molecule has 0 unspecified atom stereocenters. The summed E-state index contributed by atoms with van der Waals surface area (Å²) in [5.74, 6) is -1.72. The van der Waals surface area contributed by atoms with Crippen LogP contribution in [0.5, 0.6) is 0 Å². The molecule has 0 spiro atoms. The van der Waals surface area contributed by atoms with Crippen molar-refractivity contribution >= 4 is 51.0 Å². The summed E-state index contributed by atoms with van der Waals surface area (Å²) in [5, 5.41) is 2.44. The highest BCUT2D eigenvalue weighted by Gasteiger charge is 2.68. The van der Waals surface area contributed by atoms with Gasteiger partial charge in [0, 0.05) is 20.6 Å². The lowest BCUT2D eigenvalue weighted by atomic mass is 9.63. The lowest BCUT2D eigenvalue weighted by Crippen LogP contribution is -2.52. The number of rotatable bonds is 5. The van der Waals surface area contributed by atoms with E-state index >= 15 is 0 Å². The number of ketones is 1. The highest BCUT2D eigenvalue weighted by atomic mass is 79.9. The van der Waals surface area contributed by atoms with Gasteiger partial charge < -0.3 is 0 Å². The number of hydrazine groups is 1. The van der Waals surface area contributed by atoms with E-state index in [-0.39, 0.29) is 35.0 Å². The summed E-state index contributed by atoms with van der Waals surface area (Å²) in [7, 11) is 0. The Morgan fingerprint density at radius 3 is 1.97 bits per heavy atom. The first-order chi connectivity index (χ1) is 16.3. The lowest BCUT2D eigenvalue weighted by molar-refractivity contribution is -0.154. The van der Waals surface area contributed by atoms with Gasteiger partial charge in [0.25, 0.3) is 17.7 Å². The average Bonchev–Trinajstić information content (AvgIpc) is 3.62. The maximum Gasteiger partial charge on any atom is 0.273 e. The summed E-state index contributed by atoms with van der Waals surface area (Å²) in [5.41, 5.74) is 0.629. The van der Waals surface area contributed by atoms with Crippen LogP contribution in [-0.2, 0) is 9.59 Å². The molecule has 8 heteroatoms. The van der Waals surface area contributed by atoms with Crippen LogP contribution in [0.25, 0.3) is 0 Å². The van der Waals surface area contributed by atoms with E-state index < -0.39 is 24.3 Å². The predicted molar refractivity (Wildman–Crippen MR) is 128 cm³/mol. The number of halogens is 2. The van der Waals surface area contributed by atoms with Crippen LogP contribution >= 0.6 is 27.5 Å². The molecule has 1 saturated heterocycles. The number of Topliss-reactive ketones (excluding diaryl/α,β-unsaturated/α-hetero) is 1. The van der Waals surface area contributed by atoms with Crippen LogP contribution < -0.4 is 0 Å². The van der Waals surface area contributed by atoms with Gasteiger partial charge in [0.15, 0.2) is 5.78 Å². The molecule has 2 aromatic rings. The number of nitrogens with zero attached hydrogens (tertiary/aromatic N) is 2. The van der Waals surface area contributed by atoms with Crippen molar-refractivity contribution < 1.29 is 19.2 Å². The minimum Gasteiger partial charge on any atom is -0.292 e. The zero-order valence-electron chi connectivity index (χ0n) is 17.9. The molecule has 4 aliphatic carbocycles. The minimum atomic E-state index is -0.590. The summed E-state index contributed by atoms with van der Waals surface area (Å²) in [6, 6.07) is 12.9. The van der Waals surface area contributed by atoms with Gasteiger partial charge in [-0.15, -0.1) is 0 Å².